The maximum absolute atomic E-state index is 13.2. The quantitative estimate of drug-likeness (QED) is 0.911. The Bertz CT molecular complexity index is 529. The zero-order chi connectivity index (χ0) is 12.4. The molecule has 90 valence electrons. The van der Waals surface area contributed by atoms with Crippen molar-refractivity contribution in [1.29, 1.82) is 0 Å². The van der Waals surface area contributed by atoms with E-state index in [2.05, 4.69) is 10.3 Å². The van der Waals surface area contributed by atoms with Gasteiger partial charge in [-0.05, 0) is 6.07 Å². The number of aromatic nitrogens is 3. The Balaban J connectivity index is 2.20. The molecule has 4 nitrogen and oxygen atoms in total. The summed E-state index contributed by atoms with van der Waals surface area (Å²) in [5.74, 6) is -0.539. The van der Waals surface area contributed by atoms with Crippen LogP contribution in [0.15, 0.2) is 24.4 Å². The summed E-state index contributed by atoms with van der Waals surface area (Å²) < 4.78 is 14.7. The van der Waals surface area contributed by atoms with E-state index in [4.69, 9.17) is 11.6 Å². The molecule has 1 heterocycles. The fourth-order valence-corrected chi connectivity index (χ4v) is 1.83. The lowest BCUT2D eigenvalue weighted by molar-refractivity contribution is 0.177. The van der Waals surface area contributed by atoms with Crippen LogP contribution >= 0.6 is 11.6 Å². The number of aryl methyl sites for hydroxylation is 1. The summed E-state index contributed by atoms with van der Waals surface area (Å²) in [5, 5.41) is 17.5. The molecule has 0 bridgehead atoms. The van der Waals surface area contributed by atoms with Crippen molar-refractivity contribution in [3.8, 4) is 0 Å². The largest absolute Gasteiger partial charge is 0.388 e. The van der Waals surface area contributed by atoms with Crippen LogP contribution in [0.5, 0.6) is 0 Å². The number of nitrogens with zero attached hydrogens (tertiary/aromatic N) is 3. The van der Waals surface area contributed by atoms with Crippen molar-refractivity contribution >= 4 is 11.6 Å². The van der Waals surface area contributed by atoms with E-state index in [9.17, 15) is 9.50 Å². The molecular formula is C11H11ClFN3O. The first kappa shape index (κ1) is 12.0. The van der Waals surface area contributed by atoms with Crippen LogP contribution in [0.2, 0.25) is 5.02 Å². The predicted molar refractivity (Wildman–Crippen MR) is 61.1 cm³/mol. The second kappa shape index (κ2) is 4.81. The third-order valence-electron chi connectivity index (χ3n) is 2.39. The van der Waals surface area contributed by atoms with E-state index in [1.54, 1.807) is 19.3 Å². The molecule has 1 N–H and O–H groups in total. The highest BCUT2D eigenvalue weighted by Gasteiger charge is 2.16. The van der Waals surface area contributed by atoms with E-state index >= 15 is 0 Å². The highest BCUT2D eigenvalue weighted by molar-refractivity contribution is 6.31. The van der Waals surface area contributed by atoms with E-state index in [0.717, 1.165) is 0 Å². The van der Waals surface area contributed by atoms with Crippen LogP contribution in [0.3, 0.4) is 0 Å². The lowest BCUT2D eigenvalue weighted by atomic mass is 10.1. The van der Waals surface area contributed by atoms with Gasteiger partial charge >= 0.3 is 0 Å². The number of halogens is 2. The van der Waals surface area contributed by atoms with Crippen molar-refractivity contribution < 1.29 is 9.50 Å². The van der Waals surface area contributed by atoms with Crippen LogP contribution in [0, 0.1) is 5.82 Å². The zero-order valence-corrected chi connectivity index (χ0v) is 9.89. The van der Waals surface area contributed by atoms with Crippen LogP contribution < -0.4 is 0 Å². The fourth-order valence-electron chi connectivity index (χ4n) is 1.57. The summed E-state index contributed by atoms with van der Waals surface area (Å²) in [5.41, 5.74) is 0.984. The molecule has 1 aromatic heterocycles. The molecular weight excluding hydrogens is 245 g/mol. The summed E-state index contributed by atoms with van der Waals surface area (Å²) in [6, 6.07) is 4.35. The second-order valence-corrected chi connectivity index (χ2v) is 4.12. The number of benzene rings is 1. The Kier molecular flexibility index (Phi) is 3.40. The van der Waals surface area contributed by atoms with Gasteiger partial charge in [0.15, 0.2) is 0 Å². The lowest BCUT2D eigenvalue weighted by Gasteiger charge is -2.11. The molecule has 0 saturated carbocycles. The normalized spacial score (nSPS) is 12.7. The Morgan fingerprint density at radius 3 is 2.94 bits per heavy atom. The molecule has 0 aliphatic heterocycles. The molecule has 1 atom stereocenters. The monoisotopic (exact) mass is 255 g/mol. The maximum Gasteiger partial charge on any atom is 0.142 e. The molecule has 0 amide bonds. The fraction of sp³-hybridized carbons (Fsp3) is 0.273. The number of aliphatic hydroxyl groups is 1. The summed E-state index contributed by atoms with van der Waals surface area (Å²) in [6.07, 6.45) is 1.04. The summed E-state index contributed by atoms with van der Waals surface area (Å²) in [7, 11) is 1.73. The first-order chi connectivity index (χ1) is 8.08. The number of hydrogen-bond acceptors (Lipinski definition) is 3. The highest BCUT2D eigenvalue weighted by Crippen LogP contribution is 2.27. The molecule has 0 radical (unpaired) electrons. The molecule has 17 heavy (non-hydrogen) atoms. The van der Waals surface area contributed by atoms with Crippen LogP contribution in [-0.2, 0) is 13.5 Å². The van der Waals surface area contributed by atoms with Crippen molar-refractivity contribution in [2.75, 3.05) is 0 Å². The Hall–Kier alpha value is -1.46. The maximum atomic E-state index is 13.2. The van der Waals surface area contributed by atoms with Gasteiger partial charge in [0.05, 0.1) is 16.8 Å². The van der Waals surface area contributed by atoms with Crippen LogP contribution in [0.1, 0.15) is 17.4 Å². The molecule has 0 aliphatic carbocycles. The molecule has 1 unspecified atom stereocenters. The van der Waals surface area contributed by atoms with Gasteiger partial charge in [-0.2, -0.15) is 0 Å². The molecule has 0 spiro atoms. The predicted octanol–water partition coefficient (Wildman–Crippen LogP) is 1.88. The first-order valence-corrected chi connectivity index (χ1v) is 5.43. The van der Waals surface area contributed by atoms with Gasteiger partial charge in [0.1, 0.15) is 5.82 Å². The second-order valence-electron chi connectivity index (χ2n) is 3.75. The summed E-state index contributed by atoms with van der Waals surface area (Å²) in [4.78, 5) is 0. The average Bonchev–Trinajstić information content (AvgIpc) is 2.68. The van der Waals surface area contributed by atoms with Crippen molar-refractivity contribution in [2.24, 2.45) is 7.05 Å². The first-order valence-electron chi connectivity index (χ1n) is 5.05. The van der Waals surface area contributed by atoms with Crippen LogP contribution in [0.25, 0.3) is 0 Å². The van der Waals surface area contributed by atoms with Gasteiger partial charge in [-0.1, -0.05) is 28.9 Å². The Morgan fingerprint density at radius 2 is 2.29 bits per heavy atom. The molecule has 2 aromatic rings. The highest BCUT2D eigenvalue weighted by atomic mass is 35.5. The van der Waals surface area contributed by atoms with Gasteiger partial charge in [-0.25, -0.2) is 4.39 Å². The van der Waals surface area contributed by atoms with Crippen molar-refractivity contribution in [3.05, 3.63) is 46.5 Å². The third kappa shape index (κ3) is 2.62. The topological polar surface area (TPSA) is 50.9 Å². The standard InChI is InChI=1S/C11H11ClFN3O/c1-16-6-7(14-15-16)5-10(17)8-3-2-4-9(13)11(8)12/h2-4,6,10,17H,5H2,1H3. The third-order valence-corrected chi connectivity index (χ3v) is 2.79. The van der Waals surface area contributed by atoms with E-state index < -0.39 is 11.9 Å². The van der Waals surface area contributed by atoms with Crippen LogP contribution in [-0.4, -0.2) is 20.1 Å². The van der Waals surface area contributed by atoms with Crippen molar-refractivity contribution in [2.45, 2.75) is 12.5 Å². The summed E-state index contributed by atoms with van der Waals surface area (Å²) in [6.45, 7) is 0. The van der Waals surface area contributed by atoms with Crippen molar-refractivity contribution in [3.63, 3.8) is 0 Å². The van der Waals surface area contributed by atoms with Gasteiger partial charge in [0.25, 0.3) is 0 Å². The smallest absolute Gasteiger partial charge is 0.142 e. The molecule has 6 heteroatoms. The minimum atomic E-state index is -0.894. The van der Waals surface area contributed by atoms with E-state index in [0.29, 0.717) is 11.3 Å². The van der Waals surface area contributed by atoms with Gasteiger partial charge < -0.3 is 5.11 Å². The van der Waals surface area contributed by atoms with Crippen molar-refractivity contribution in [1.82, 2.24) is 15.0 Å². The van der Waals surface area contributed by atoms with E-state index in [-0.39, 0.29) is 11.4 Å². The Morgan fingerprint density at radius 1 is 1.53 bits per heavy atom. The molecule has 0 aliphatic rings. The molecule has 1 aromatic carbocycles. The van der Waals surface area contributed by atoms with Crippen LogP contribution in [0.4, 0.5) is 4.39 Å². The number of aliphatic hydroxyl groups excluding tert-OH is 1. The SMILES string of the molecule is Cn1cc(CC(O)c2cccc(F)c2Cl)nn1. The minimum Gasteiger partial charge on any atom is -0.388 e. The molecule has 0 fully saturated rings. The zero-order valence-electron chi connectivity index (χ0n) is 9.14. The Labute approximate surface area is 103 Å². The number of rotatable bonds is 3. The molecule has 2 rings (SSSR count). The average molecular weight is 256 g/mol. The van der Waals surface area contributed by atoms with E-state index in [1.807, 2.05) is 0 Å². The van der Waals surface area contributed by atoms with E-state index in [1.165, 1.54) is 16.8 Å². The summed E-state index contributed by atoms with van der Waals surface area (Å²) >= 11 is 5.78. The van der Waals surface area contributed by atoms with Gasteiger partial charge in [-0.3, -0.25) is 4.68 Å². The lowest BCUT2D eigenvalue weighted by Crippen LogP contribution is -2.03. The van der Waals surface area contributed by atoms with Gasteiger partial charge in [-0.15, -0.1) is 5.10 Å². The molecule has 0 saturated heterocycles. The number of hydrogen-bond donors (Lipinski definition) is 1. The van der Waals surface area contributed by atoms with Gasteiger partial charge in [0, 0.05) is 25.2 Å². The van der Waals surface area contributed by atoms with Gasteiger partial charge in [0.2, 0.25) is 0 Å². The minimum absolute atomic E-state index is 0.0520.